The monoisotopic (exact) mass is 587 g/mol. The number of fused-ring (bicyclic) bond motifs is 1. The number of benzene rings is 5. The maximum Gasteiger partial charge on any atom is 0.333 e. The summed E-state index contributed by atoms with van der Waals surface area (Å²) in [6.07, 6.45) is 0. The second-order valence-electron chi connectivity index (χ2n) is 10.4. The molecule has 0 aliphatic carbocycles. The first-order chi connectivity index (χ1) is 20.9. The summed E-state index contributed by atoms with van der Waals surface area (Å²) >= 11 is 6.56. The highest BCUT2D eigenvalue weighted by atomic mass is 35.5. The highest BCUT2D eigenvalue weighted by Crippen LogP contribution is 2.37. The maximum atomic E-state index is 13.9. The average molecular weight is 588 g/mol. The fourth-order valence-corrected chi connectivity index (χ4v) is 5.95. The van der Waals surface area contributed by atoms with E-state index < -0.39 is 17.6 Å². The van der Waals surface area contributed by atoms with E-state index in [2.05, 4.69) is 41.7 Å². The fourth-order valence-electron chi connectivity index (χ4n) is 5.69. The largest absolute Gasteiger partial charge is 0.423 e. The number of nitrogens with zero attached hydrogens (tertiary/aromatic N) is 2. The quantitative estimate of drug-likeness (QED) is 0.120. The van der Waals surface area contributed by atoms with Gasteiger partial charge >= 0.3 is 11.7 Å². The van der Waals surface area contributed by atoms with Crippen LogP contribution in [0.4, 0.5) is 0 Å². The SMILES string of the molecule is C[C@H](NC(c1ccccc1)(c1ccccc1)c1ccccc1)C(=O)Oc1ccccc1-n1c(=O)n(C)c2cccc(Cl)c21. The number of ether oxygens (including phenoxy) is 1. The topological polar surface area (TPSA) is 65.3 Å². The summed E-state index contributed by atoms with van der Waals surface area (Å²) in [5.74, 6) is -0.251. The Morgan fingerprint density at radius 3 is 1.81 bits per heavy atom. The molecule has 1 heterocycles. The molecule has 0 aliphatic rings. The van der Waals surface area contributed by atoms with Gasteiger partial charge in [0.05, 0.1) is 27.3 Å². The van der Waals surface area contributed by atoms with Gasteiger partial charge < -0.3 is 4.74 Å². The van der Waals surface area contributed by atoms with Crippen molar-refractivity contribution in [1.29, 1.82) is 0 Å². The molecule has 0 saturated heterocycles. The van der Waals surface area contributed by atoms with Gasteiger partial charge in [0, 0.05) is 7.05 Å². The molecule has 0 amide bonds. The molecule has 0 unspecified atom stereocenters. The van der Waals surface area contributed by atoms with E-state index in [1.807, 2.05) is 60.7 Å². The number of carbonyl (C=O) groups is 1. The molecule has 6 rings (SSSR count). The van der Waals surface area contributed by atoms with Crippen molar-refractivity contribution in [3.05, 3.63) is 166 Å². The number of nitrogens with one attached hydrogen (secondary N) is 1. The highest BCUT2D eigenvalue weighted by molar-refractivity contribution is 6.35. The smallest absolute Gasteiger partial charge is 0.333 e. The molecule has 0 bridgehead atoms. The average Bonchev–Trinajstić information content (AvgIpc) is 3.31. The molecule has 1 atom stereocenters. The minimum Gasteiger partial charge on any atom is -0.423 e. The van der Waals surface area contributed by atoms with Gasteiger partial charge in [-0.25, -0.2) is 9.59 Å². The number of carbonyl (C=O) groups excluding carboxylic acids is 1. The van der Waals surface area contributed by atoms with Crippen LogP contribution in [0, 0.1) is 0 Å². The van der Waals surface area contributed by atoms with Crippen LogP contribution in [-0.4, -0.2) is 21.1 Å². The van der Waals surface area contributed by atoms with Crippen LogP contribution in [-0.2, 0) is 17.4 Å². The van der Waals surface area contributed by atoms with Crippen molar-refractivity contribution in [2.75, 3.05) is 0 Å². The van der Waals surface area contributed by atoms with Crippen LogP contribution in [0.15, 0.2) is 138 Å². The Labute approximate surface area is 254 Å². The van der Waals surface area contributed by atoms with Crippen molar-refractivity contribution in [1.82, 2.24) is 14.5 Å². The lowest BCUT2D eigenvalue weighted by Gasteiger charge is -2.38. The first-order valence-corrected chi connectivity index (χ1v) is 14.4. The Balaban J connectivity index is 1.41. The van der Waals surface area contributed by atoms with Gasteiger partial charge in [-0.05, 0) is 47.9 Å². The Morgan fingerprint density at radius 1 is 0.744 bits per heavy atom. The van der Waals surface area contributed by atoms with E-state index in [-0.39, 0.29) is 11.4 Å². The van der Waals surface area contributed by atoms with Gasteiger partial charge in [-0.2, -0.15) is 0 Å². The van der Waals surface area contributed by atoms with Gasteiger partial charge in [0.15, 0.2) is 5.75 Å². The first kappa shape index (κ1) is 28.2. The highest BCUT2D eigenvalue weighted by Gasteiger charge is 2.39. The zero-order chi connectivity index (χ0) is 30.0. The number of hydrogen-bond donors (Lipinski definition) is 1. The molecule has 6 nitrogen and oxygen atoms in total. The standard InChI is InChI=1S/C36H30ClN3O3/c1-25(38-36(26-15-6-3-7-16-26,27-17-8-4-9-18-27)28-19-10-5-11-20-28)34(41)43-32-24-13-12-22-30(32)40-33-29(37)21-14-23-31(33)39(2)35(40)42/h3-25,38H,1-2H3/t25-/m0/s1. The number of aryl methyl sites for hydroxylation is 1. The number of aromatic nitrogens is 2. The molecule has 0 aliphatic heterocycles. The summed E-state index contributed by atoms with van der Waals surface area (Å²) in [6.45, 7) is 1.79. The predicted molar refractivity (Wildman–Crippen MR) is 171 cm³/mol. The van der Waals surface area contributed by atoms with Gasteiger partial charge in [0.1, 0.15) is 6.04 Å². The van der Waals surface area contributed by atoms with E-state index in [0.29, 0.717) is 21.7 Å². The minimum absolute atomic E-state index is 0.250. The van der Waals surface area contributed by atoms with E-state index in [9.17, 15) is 9.59 Å². The van der Waals surface area contributed by atoms with Crippen molar-refractivity contribution < 1.29 is 9.53 Å². The summed E-state index contributed by atoms with van der Waals surface area (Å²) in [5.41, 5.74) is 3.41. The zero-order valence-electron chi connectivity index (χ0n) is 23.8. The molecule has 43 heavy (non-hydrogen) atoms. The van der Waals surface area contributed by atoms with Crippen molar-refractivity contribution in [3.8, 4) is 11.4 Å². The van der Waals surface area contributed by atoms with E-state index >= 15 is 0 Å². The Hall–Kier alpha value is -4.91. The number of imidazole rings is 1. The van der Waals surface area contributed by atoms with Crippen LogP contribution in [0.3, 0.4) is 0 Å². The molecule has 0 saturated carbocycles. The van der Waals surface area contributed by atoms with Crippen LogP contribution in [0.5, 0.6) is 5.75 Å². The normalized spacial score (nSPS) is 12.3. The van der Waals surface area contributed by atoms with Gasteiger partial charge in [0.25, 0.3) is 0 Å². The lowest BCUT2D eigenvalue weighted by molar-refractivity contribution is -0.136. The molecule has 5 aromatic carbocycles. The Morgan fingerprint density at radius 2 is 1.26 bits per heavy atom. The molecule has 0 fully saturated rings. The van der Waals surface area contributed by atoms with Crippen LogP contribution in [0.2, 0.25) is 5.02 Å². The Bertz CT molecular complexity index is 1850. The fraction of sp³-hybridized carbons (Fsp3) is 0.111. The molecule has 7 heteroatoms. The lowest BCUT2D eigenvalue weighted by atomic mass is 9.76. The number of hydrogen-bond acceptors (Lipinski definition) is 4. The second-order valence-corrected chi connectivity index (χ2v) is 10.8. The van der Waals surface area contributed by atoms with Gasteiger partial charge in [-0.1, -0.05) is 121 Å². The Kier molecular flexibility index (Phi) is 7.72. The van der Waals surface area contributed by atoms with Gasteiger partial charge in [-0.15, -0.1) is 0 Å². The molecular formula is C36H30ClN3O3. The number of halogens is 1. The molecule has 214 valence electrons. The van der Waals surface area contributed by atoms with E-state index in [1.165, 1.54) is 9.13 Å². The summed E-state index contributed by atoms with van der Waals surface area (Å²) in [7, 11) is 1.69. The van der Waals surface area contributed by atoms with Gasteiger partial charge in [0.2, 0.25) is 0 Å². The van der Waals surface area contributed by atoms with E-state index in [0.717, 1.165) is 16.7 Å². The van der Waals surface area contributed by atoms with Crippen molar-refractivity contribution in [3.63, 3.8) is 0 Å². The number of para-hydroxylation sites is 3. The summed E-state index contributed by atoms with van der Waals surface area (Å²) in [5, 5.41) is 4.07. The van der Waals surface area contributed by atoms with Crippen molar-refractivity contribution >= 4 is 28.6 Å². The van der Waals surface area contributed by atoms with Crippen LogP contribution in [0.1, 0.15) is 23.6 Å². The third kappa shape index (κ3) is 5.05. The number of esters is 1. The van der Waals surface area contributed by atoms with Crippen LogP contribution in [0.25, 0.3) is 16.7 Å². The maximum absolute atomic E-state index is 13.9. The number of rotatable bonds is 8. The molecular weight excluding hydrogens is 558 g/mol. The second kappa shape index (κ2) is 11.8. The molecule has 0 spiro atoms. The van der Waals surface area contributed by atoms with Crippen LogP contribution >= 0.6 is 11.6 Å². The van der Waals surface area contributed by atoms with E-state index in [1.54, 1.807) is 50.4 Å². The summed E-state index contributed by atoms with van der Waals surface area (Å²) < 4.78 is 9.07. The molecule has 1 aromatic heterocycles. The molecule has 0 radical (unpaired) electrons. The van der Waals surface area contributed by atoms with Crippen LogP contribution < -0.4 is 15.7 Å². The third-order valence-corrected chi connectivity index (χ3v) is 8.06. The molecule has 6 aromatic rings. The lowest BCUT2D eigenvalue weighted by Crippen LogP contribution is -2.52. The summed E-state index contributed by atoms with van der Waals surface area (Å²) in [4.78, 5) is 27.3. The first-order valence-electron chi connectivity index (χ1n) is 14.0. The van der Waals surface area contributed by atoms with E-state index in [4.69, 9.17) is 16.3 Å². The molecule has 1 N–H and O–H groups in total. The van der Waals surface area contributed by atoms with Crippen molar-refractivity contribution in [2.45, 2.75) is 18.5 Å². The minimum atomic E-state index is -0.859. The third-order valence-electron chi connectivity index (χ3n) is 7.75. The predicted octanol–water partition coefficient (Wildman–Crippen LogP) is 6.86. The van der Waals surface area contributed by atoms with Crippen molar-refractivity contribution in [2.24, 2.45) is 7.05 Å². The summed E-state index contributed by atoms with van der Waals surface area (Å²) in [6, 6.07) is 41.8. The van der Waals surface area contributed by atoms with Gasteiger partial charge in [-0.3, -0.25) is 14.5 Å². The zero-order valence-corrected chi connectivity index (χ0v) is 24.5.